The quantitative estimate of drug-likeness (QED) is 0.896. The number of benzene rings is 1. The van der Waals surface area contributed by atoms with E-state index in [1.165, 1.54) is 5.56 Å². The van der Waals surface area contributed by atoms with Crippen molar-refractivity contribution >= 4 is 6.09 Å². The van der Waals surface area contributed by atoms with Crippen molar-refractivity contribution in [3.8, 4) is 0 Å². The van der Waals surface area contributed by atoms with Gasteiger partial charge in [0.25, 0.3) is 0 Å². The fraction of sp³-hybridized carbons (Fsp3) is 0.500. The number of alkyl carbamates (subject to hydrolysis) is 1. The van der Waals surface area contributed by atoms with Gasteiger partial charge in [-0.15, -0.1) is 0 Å². The van der Waals surface area contributed by atoms with Crippen molar-refractivity contribution < 1.29 is 9.53 Å². The van der Waals surface area contributed by atoms with Crippen molar-refractivity contribution in [3.05, 3.63) is 47.8 Å². The van der Waals surface area contributed by atoms with E-state index < -0.39 is 11.7 Å². The molecule has 0 aromatic heterocycles. The van der Waals surface area contributed by atoms with Crippen LogP contribution in [0.4, 0.5) is 4.79 Å². The van der Waals surface area contributed by atoms with Crippen LogP contribution in [0.3, 0.4) is 0 Å². The Bertz CT molecular complexity index is 549. The van der Waals surface area contributed by atoms with Gasteiger partial charge in [-0.25, -0.2) is 4.79 Å². The molecule has 0 saturated heterocycles. The van der Waals surface area contributed by atoms with Crippen LogP contribution in [0.5, 0.6) is 0 Å². The van der Waals surface area contributed by atoms with Gasteiger partial charge in [0.1, 0.15) is 5.60 Å². The van der Waals surface area contributed by atoms with Crippen molar-refractivity contribution in [1.29, 1.82) is 0 Å². The Balaban J connectivity index is 2.04. The lowest BCUT2D eigenvalue weighted by molar-refractivity contribution is 0.0539. The second kappa shape index (κ2) is 7.51. The number of nitrogens with zero attached hydrogens (tertiary/aromatic N) is 1. The third kappa shape index (κ3) is 5.60. The fourth-order valence-electron chi connectivity index (χ4n) is 2.61. The predicted molar refractivity (Wildman–Crippen MR) is 91.5 cm³/mol. The molecular formula is C18H27N3O2. The Morgan fingerprint density at radius 1 is 1.35 bits per heavy atom. The van der Waals surface area contributed by atoms with Gasteiger partial charge in [0.15, 0.2) is 0 Å². The minimum Gasteiger partial charge on any atom is -0.444 e. The van der Waals surface area contributed by atoms with Gasteiger partial charge in [0.2, 0.25) is 0 Å². The van der Waals surface area contributed by atoms with Crippen molar-refractivity contribution in [2.45, 2.75) is 51.8 Å². The van der Waals surface area contributed by atoms with E-state index in [0.29, 0.717) is 12.6 Å². The number of carbonyl (C=O) groups excluding carboxylic acids is 1. The van der Waals surface area contributed by atoms with Crippen LogP contribution in [-0.4, -0.2) is 29.2 Å². The molecule has 1 aromatic carbocycles. The van der Waals surface area contributed by atoms with Crippen molar-refractivity contribution in [1.82, 2.24) is 10.2 Å². The molecule has 1 atom stereocenters. The molecule has 0 bridgehead atoms. The molecule has 5 heteroatoms. The van der Waals surface area contributed by atoms with E-state index >= 15 is 0 Å². The number of allylic oxidation sites excluding steroid dienone is 1. The largest absolute Gasteiger partial charge is 0.444 e. The molecular weight excluding hydrogens is 290 g/mol. The summed E-state index contributed by atoms with van der Waals surface area (Å²) >= 11 is 0. The summed E-state index contributed by atoms with van der Waals surface area (Å²) in [6, 6.07) is 10.5. The Morgan fingerprint density at radius 2 is 2.04 bits per heavy atom. The van der Waals surface area contributed by atoms with Gasteiger partial charge in [-0.1, -0.05) is 30.3 Å². The number of hydrogen-bond donors (Lipinski definition) is 2. The van der Waals surface area contributed by atoms with Gasteiger partial charge in [-0.2, -0.15) is 0 Å². The maximum absolute atomic E-state index is 11.9. The van der Waals surface area contributed by atoms with Crippen LogP contribution < -0.4 is 11.1 Å². The normalized spacial score (nSPS) is 18.3. The van der Waals surface area contributed by atoms with E-state index in [9.17, 15) is 4.79 Å². The van der Waals surface area contributed by atoms with Crippen LogP contribution in [0.2, 0.25) is 0 Å². The smallest absolute Gasteiger partial charge is 0.411 e. The van der Waals surface area contributed by atoms with Gasteiger partial charge in [0.05, 0.1) is 0 Å². The summed E-state index contributed by atoms with van der Waals surface area (Å²) in [6.45, 7) is 6.95. The first kappa shape index (κ1) is 17.3. The third-order valence-electron chi connectivity index (χ3n) is 3.68. The number of carbonyl (C=O) groups is 1. The molecule has 1 unspecified atom stereocenters. The van der Waals surface area contributed by atoms with E-state index in [0.717, 1.165) is 25.1 Å². The Hall–Kier alpha value is -2.01. The molecule has 3 N–H and O–H groups in total. The number of rotatable bonds is 4. The maximum Gasteiger partial charge on any atom is 0.411 e. The summed E-state index contributed by atoms with van der Waals surface area (Å²) in [5, 5.41) is 2.85. The molecule has 0 saturated carbocycles. The zero-order chi connectivity index (χ0) is 16.9. The highest BCUT2D eigenvalue weighted by Crippen LogP contribution is 2.21. The highest BCUT2D eigenvalue weighted by molar-refractivity contribution is 5.70. The number of nitrogens with two attached hydrogens (primary N) is 1. The lowest BCUT2D eigenvalue weighted by Crippen LogP contribution is -2.42. The minimum absolute atomic E-state index is 0.291. The summed E-state index contributed by atoms with van der Waals surface area (Å²) in [7, 11) is 0. The van der Waals surface area contributed by atoms with E-state index in [1.807, 2.05) is 45.2 Å². The molecule has 5 nitrogen and oxygen atoms in total. The van der Waals surface area contributed by atoms with Crippen LogP contribution in [-0.2, 0) is 11.3 Å². The molecule has 0 radical (unpaired) electrons. The molecule has 0 aliphatic carbocycles. The monoisotopic (exact) mass is 317 g/mol. The molecule has 1 heterocycles. The average Bonchev–Trinajstić information content (AvgIpc) is 2.46. The Kier molecular flexibility index (Phi) is 5.66. The van der Waals surface area contributed by atoms with Crippen LogP contribution in [0.15, 0.2) is 42.2 Å². The fourth-order valence-corrected chi connectivity index (χ4v) is 2.61. The Morgan fingerprint density at radius 3 is 2.65 bits per heavy atom. The molecule has 23 heavy (non-hydrogen) atoms. The van der Waals surface area contributed by atoms with E-state index in [2.05, 4.69) is 22.3 Å². The standard InChI is InChI=1S/C18H27N3O2/c1-18(2,3)23-17(22)20-15-9-10-16(11-19)21(13-15)12-14-7-5-4-6-8-14/h4-8,13,16H,9-12,19H2,1-3H3,(H,20,22). The molecule has 1 amide bonds. The van der Waals surface area contributed by atoms with Crippen LogP contribution in [0, 0.1) is 0 Å². The van der Waals surface area contributed by atoms with Gasteiger partial charge in [-0.3, -0.25) is 5.32 Å². The molecule has 2 rings (SSSR count). The molecule has 1 aliphatic heterocycles. The van der Waals surface area contributed by atoms with E-state index in [-0.39, 0.29) is 0 Å². The van der Waals surface area contributed by atoms with Crippen LogP contribution >= 0.6 is 0 Å². The second-order valence-electron chi connectivity index (χ2n) is 6.87. The van der Waals surface area contributed by atoms with Crippen molar-refractivity contribution in [2.24, 2.45) is 5.73 Å². The minimum atomic E-state index is -0.497. The van der Waals surface area contributed by atoms with E-state index in [1.54, 1.807) is 0 Å². The highest BCUT2D eigenvalue weighted by Gasteiger charge is 2.23. The summed E-state index contributed by atoms with van der Waals surface area (Å²) in [5.74, 6) is 0. The number of amides is 1. The number of ether oxygens (including phenoxy) is 1. The van der Waals surface area contributed by atoms with E-state index in [4.69, 9.17) is 10.5 Å². The lowest BCUT2D eigenvalue weighted by Gasteiger charge is -2.35. The second-order valence-corrected chi connectivity index (χ2v) is 6.87. The molecule has 1 aromatic rings. The summed E-state index contributed by atoms with van der Waals surface area (Å²) < 4.78 is 5.31. The first-order valence-corrected chi connectivity index (χ1v) is 8.08. The molecule has 1 aliphatic rings. The number of nitrogens with one attached hydrogen (secondary N) is 1. The zero-order valence-electron chi connectivity index (χ0n) is 14.2. The first-order valence-electron chi connectivity index (χ1n) is 8.08. The lowest BCUT2D eigenvalue weighted by atomic mass is 10.0. The summed E-state index contributed by atoms with van der Waals surface area (Å²) in [4.78, 5) is 14.1. The molecule has 0 fully saturated rings. The van der Waals surface area contributed by atoms with Crippen molar-refractivity contribution in [2.75, 3.05) is 6.54 Å². The van der Waals surface area contributed by atoms with Crippen molar-refractivity contribution in [3.63, 3.8) is 0 Å². The van der Waals surface area contributed by atoms with Gasteiger partial charge >= 0.3 is 6.09 Å². The van der Waals surface area contributed by atoms with Crippen LogP contribution in [0.25, 0.3) is 0 Å². The third-order valence-corrected chi connectivity index (χ3v) is 3.68. The van der Waals surface area contributed by atoms with Gasteiger partial charge < -0.3 is 15.4 Å². The van der Waals surface area contributed by atoms with Crippen LogP contribution in [0.1, 0.15) is 39.2 Å². The summed E-state index contributed by atoms with van der Waals surface area (Å²) in [6.07, 6.45) is 3.31. The highest BCUT2D eigenvalue weighted by atomic mass is 16.6. The van der Waals surface area contributed by atoms with Gasteiger partial charge in [-0.05, 0) is 39.2 Å². The maximum atomic E-state index is 11.9. The topological polar surface area (TPSA) is 67.6 Å². The molecule has 0 spiro atoms. The zero-order valence-corrected chi connectivity index (χ0v) is 14.2. The summed E-state index contributed by atoms with van der Waals surface area (Å²) in [5.41, 5.74) is 7.49. The Labute approximate surface area is 138 Å². The molecule has 126 valence electrons. The van der Waals surface area contributed by atoms with Gasteiger partial charge in [0, 0.05) is 31.0 Å². The SMILES string of the molecule is CC(C)(C)OC(=O)NC1=CN(Cc2ccccc2)C(CN)CC1. The average molecular weight is 317 g/mol. The first-order chi connectivity index (χ1) is 10.9. The number of hydrogen-bond acceptors (Lipinski definition) is 4. The predicted octanol–water partition coefficient (Wildman–Crippen LogP) is 2.98.